The van der Waals surface area contributed by atoms with E-state index in [4.69, 9.17) is 9.15 Å². The lowest BCUT2D eigenvalue weighted by Gasteiger charge is -2.09. The van der Waals surface area contributed by atoms with Crippen LogP contribution in [0, 0.1) is 6.92 Å². The van der Waals surface area contributed by atoms with E-state index in [9.17, 15) is 9.59 Å². The van der Waals surface area contributed by atoms with Crippen LogP contribution in [0.25, 0.3) is 0 Å². The molecule has 0 radical (unpaired) electrons. The summed E-state index contributed by atoms with van der Waals surface area (Å²) in [6, 6.07) is 17.8. The first-order chi connectivity index (χ1) is 13.1. The maximum Gasteiger partial charge on any atom is 0.291 e. The van der Waals surface area contributed by atoms with Gasteiger partial charge in [0.05, 0.1) is 19.3 Å². The van der Waals surface area contributed by atoms with E-state index >= 15 is 0 Å². The van der Waals surface area contributed by atoms with Crippen LogP contribution in [-0.2, 0) is 4.79 Å². The molecule has 3 aromatic rings. The van der Waals surface area contributed by atoms with Gasteiger partial charge in [-0.1, -0.05) is 18.2 Å². The van der Waals surface area contributed by atoms with E-state index in [0.717, 1.165) is 11.3 Å². The van der Waals surface area contributed by atoms with E-state index in [2.05, 4.69) is 10.6 Å². The van der Waals surface area contributed by atoms with Gasteiger partial charge in [0.25, 0.3) is 5.91 Å². The fourth-order valence-corrected chi connectivity index (χ4v) is 2.47. The summed E-state index contributed by atoms with van der Waals surface area (Å²) in [5, 5.41) is 5.51. The third-order valence-electron chi connectivity index (χ3n) is 3.74. The number of ether oxygens (including phenoxy) is 1. The highest BCUT2D eigenvalue weighted by atomic mass is 16.5. The number of nitrogens with one attached hydrogen (secondary N) is 2. The van der Waals surface area contributed by atoms with Crippen LogP contribution in [0.2, 0.25) is 0 Å². The molecule has 27 heavy (non-hydrogen) atoms. The van der Waals surface area contributed by atoms with Crippen molar-refractivity contribution in [2.75, 3.05) is 17.2 Å². The largest absolute Gasteiger partial charge is 0.493 e. The van der Waals surface area contributed by atoms with Crippen LogP contribution in [0.4, 0.5) is 11.4 Å². The number of hydrogen-bond acceptors (Lipinski definition) is 4. The maximum atomic E-state index is 12.1. The van der Waals surface area contributed by atoms with Gasteiger partial charge in [-0.2, -0.15) is 0 Å². The first-order valence-electron chi connectivity index (χ1n) is 8.54. The number of hydrogen-bond donors (Lipinski definition) is 2. The van der Waals surface area contributed by atoms with Crippen molar-refractivity contribution in [3.05, 3.63) is 78.3 Å². The standard InChI is InChI=1S/C21H20N2O4/c1-15-5-2-8-18(13-15)26-12-10-20(24)22-16-6-3-7-17(14-16)23-21(25)19-9-4-11-27-19/h2-9,11,13-14H,10,12H2,1H3,(H,22,24)(H,23,25). The molecule has 3 rings (SSSR count). The summed E-state index contributed by atoms with van der Waals surface area (Å²) in [7, 11) is 0. The Balaban J connectivity index is 1.49. The average Bonchev–Trinajstić information content (AvgIpc) is 3.17. The summed E-state index contributed by atoms with van der Waals surface area (Å²) in [6.07, 6.45) is 1.65. The molecule has 2 N–H and O–H groups in total. The van der Waals surface area contributed by atoms with Gasteiger partial charge >= 0.3 is 0 Å². The molecule has 0 aliphatic rings. The fourth-order valence-electron chi connectivity index (χ4n) is 2.47. The molecule has 0 atom stereocenters. The van der Waals surface area contributed by atoms with Crippen LogP contribution >= 0.6 is 0 Å². The van der Waals surface area contributed by atoms with Crippen molar-refractivity contribution in [2.45, 2.75) is 13.3 Å². The van der Waals surface area contributed by atoms with Crippen molar-refractivity contribution in [3.8, 4) is 5.75 Å². The van der Waals surface area contributed by atoms with Crippen molar-refractivity contribution in [3.63, 3.8) is 0 Å². The zero-order chi connectivity index (χ0) is 19.1. The Morgan fingerprint density at radius 2 is 1.74 bits per heavy atom. The Morgan fingerprint density at radius 1 is 0.963 bits per heavy atom. The zero-order valence-corrected chi connectivity index (χ0v) is 14.9. The molecular weight excluding hydrogens is 344 g/mol. The second kappa shape index (κ2) is 8.71. The minimum atomic E-state index is -0.352. The molecule has 6 nitrogen and oxygen atoms in total. The number of aryl methyl sites for hydroxylation is 1. The Morgan fingerprint density at radius 3 is 2.48 bits per heavy atom. The van der Waals surface area contributed by atoms with Gasteiger partial charge in [-0.15, -0.1) is 0 Å². The summed E-state index contributed by atoms with van der Waals surface area (Å²) in [6.45, 7) is 2.27. The van der Waals surface area contributed by atoms with Crippen molar-refractivity contribution < 1.29 is 18.7 Å². The van der Waals surface area contributed by atoms with Gasteiger partial charge < -0.3 is 19.8 Å². The van der Waals surface area contributed by atoms with E-state index in [1.54, 1.807) is 36.4 Å². The molecule has 1 aromatic heterocycles. The molecule has 0 aliphatic heterocycles. The van der Waals surface area contributed by atoms with Crippen molar-refractivity contribution in [1.82, 2.24) is 0 Å². The molecule has 0 saturated heterocycles. The van der Waals surface area contributed by atoms with Gasteiger partial charge in [-0.05, 0) is 55.0 Å². The minimum Gasteiger partial charge on any atom is -0.493 e. The SMILES string of the molecule is Cc1cccc(OCCC(=O)Nc2cccc(NC(=O)c3ccco3)c2)c1. The fraction of sp³-hybridized carbons (Fsp3) is 0.143. The van der Waals surface area contributed by atoms with Gasteiger partial charge in [-0.3, -0.25) is 9.59 Å². The van der Waals surface area contributed by atoms with Crippen LogP contribution < -0.4 is 15.4 Å². The van der Waals surface area contributed by atoms with Gasteiger partial charge in [0.2, 0.25) is 5.91 Å². The number of anilines is 2. The average molecular weight is 364 g/mol. The number of carbonyl (C=O) groups is 2. The first kappa shape index (κ1) is 18.3. The third kappa shape index (κ3) is 5.47. The molecule has 138 valence electrons. The van der Waals surface area contributed by atoms with Gasteiger partial charge in [0.15, 0.2) is 5.76 Å². The minimum absolute atomic E-state index is 0.169. The molecule has 6 heteroatoms. The smallest absolute Gasteiger partial charge is 0.291 e. The van der Waals surface area contributed by atoms with E-state index in [1.807, 2.05) is 31.2 Å². The normalized spacial score (nSPS) is 10.3. The summed E-state index contributed by atoms with van der Waals surface area (Å²) in [4.78, 5) is 24.1. The summed E-state index contributed by atoms with van der Waals surface area (Å²) < 4.78 is 10.6. The second-order valence-electron chi connectivity index (χ2n) is 5.98. The molecule has 2 aromatic carbocycles. The lowest BCUT2D eigenvalue weighted by Crippen LogP contribution is -2.16. The lowest BCUT2D eigenvalue weighted by atomic mass is 10.2. The second-order valence-corrected chi connectivity index (χ2v) is 5.98. The molecule has 0 bridgehead atoms. The van der Waals surface area contributed by atoms with Gasteiger partial charge in [-0.25, -0.2) is 0 Å². The number of benzene rings is 2. The highest BCUT2D eigenvalue weighted by Gasteiger charge is 2.09. The lowest BCUT2D eigenvalue weighted by molar-refractivity contribution is -0.116. The summed E-state index contributed by atoms with van der Waals surface area (Å²) in [5.41, 5.74) is 2.25. The maximum absolute atomic E-state index is 12.1. The molecule has 0 aliphatic carbocycles. The monoisotopic (exact) mass is 364 g/mol. The summed E-state index contributed by atoms with van der Waals surface area (Å²) >= 11 is 0. The van der Waals surface area contributed by atoms with E-state index in [1.165, 1.54) is 6.26 Å². The Bertz CT molecular complexity index is 919. The first-order valence-corrected chi connectivity index (χ1v) is 8.54. The van der Waals surface area contributed by atoms with Crippen molar-refractivity contribution in [1.29, 1.82) is 0 Å². The molecule has 0 spiro atoms. The Labute approximate surface area is 157 Å². The van der Waals surface area contributed by atoms with Crippen LogP contribution in [-0.4, -0.2) is 18.4 Å². The number of rotatable bonds is 7. The van der Waals surface area contributed by atoms with E-state index in [0.29, 0.717) is 11.4 Å². The van der Waals surface area contributed by atoms with Crippen molar-refractivity contribution >= 4 is 23.2 Å². The summed E-state index contributed by atoms with van der Waals surface area (Å²) in [5.74, 6) is 0.440. The Hall–Kier alpha value is -3.54. The molecule has 2 amide bonds. The highest BCUT2D eigenvalue weighted by Crippen LogP contribution is 2.17. The molecular formula is C21H20N2O4. The number of amides is 2. The molecule has 0 saturated carbocycles. The predicted octanol–water partition coefficient (Wildman–Crippen LogP) is 4.25. The van der Waals surface area contributed by atoms with Crippen LogP contribution in [0.1, 0.15) is 22.5 Å². The van der Waals surface area contributed by atoms with Gasteiger partial charge in [0.1, 0.15) is 5.75 Å². The molecule has 0 unspecified atom stereocenters. The third-order valence-corrected chi connectivity index (χ3v) is 3.74. The number of carbonyl (C=O) groups excluding carboxylic acids is 2. The zero-order valence-electron chi connectivity index (χ0n) is 14.9. The van der Waals surface area contributed by atoms with Crippen LogP contribution in [0.15, 0.2) is 71.3 Å². The van der Waals surface area contributed by atoms with Gasteiger partial charge in [0, 0.05) is 11.4 Å². The quantitative estimate of drug-likeness (QED) is 0.657. The van der Waals surface area contributed by atoms with Crippen LogP contribution in [0.5, 0.6) is 5.75 Å². The molecule has 1 heterocycles. The topological polar surface area (TPSA) is 80.6 Å². The Kier molecular flexibility index (Phi) is 5.89. The van der Waals surface area contributed by atoms with Crippen molar-refractivity contribution in [2.24, 2.45) is 0 Å². The van der Waals surface area contributed by atoms with Crippen LogP contribution in [0.3, 0.4) is 0 Å². The number of furan rings is 1. The van der Waals surface area contributed by atoms with E-state index in [-0.39, 0.29) is 30.6 Å². The molecule has 0 fully saturated rings. The predicted molar refractivity (Wildman–Crippen MR) is 103 cm³/mol. The van der Waals surface area contributed by atoms with E-state index < -0.39 is 0 Å². The highest BCUT2D eigenvalue weighted by molar-refractivity contribution is 6.02.